The van der Waals surface area contributed by atoms with Crippen molar-refractivity contribution in [3.8, 4) is 28.5 Å². The maximum Gasteiger partial charge on any atom is 0.235 e. The molecule has 5 nitrogen and oxygen atoms in total. The van der Waals surface area contributed by atoms with E-state index >= 15 is 0 Å². The number of pyridine rings is 1. The van der Waals surface area contributed by atoms with Gasteiger partial charge in [0.05, 0.1) is 55.1 Å². The fourth-order valence-electron chi connectivity index (χ4n) is 8.10. The molecule has 0 amide bonds. The molecule has 0 bridgehead atoms. The largest absolute Gasteiger partial charge is 0.292 e. The molecule has 4 aromatic heterocycles. The van der Waals surface area contributed by atoms with Gasteiger partial charge in [0.1, 0.15) is 5.65 Å². The van der Waals surface area contributed by atoms with E-state index in [0.717, 1.165) is 77.3 Å². The number of fused-ring (bicyclic) bond motifs is 11. The highest BCUT2D eigenvalue weighted by Crippen LogP contribution is 2.39. The van der Waals surface area contributed by atoms with E-state index in [1.165, 1.54) is 15.8 Å². The second-order valence-corrected chi connectivity index (χ2v) is 26.8. The average Bonchev–Trinajstić information content (AvgIpc) is 3.73. The summed E-state index contributed by atoms with van der Waals surface area (Å²) >= 11 is 0. The van der Waals surface area contributed by atoms with Crippen molar-refractivity contribution in [2.24, 2.45) is 0 Å². The van der Waals surface area contributed by atoms with Gasteiger partial charge >= 0.3 is 0 Å². The number of imidazole rings is 1. The van der Waals surface area contributed by atoms with Gasteiger partial charge in [-0.25, -0.2) is 15.0 Å². The van der Waals surface area contributed by atoms with Crippen molar-refractivity contribution in [2.45, 2.75) is 39.3 Å². The van der Waals surface area contributed by atoms with Crippen LogP contribution in [0.1, 0.15) is 0 Å². The van der Waals surface area contributed by atoms with Gasteiger partial charge in [-0.05, 0) is 41.8 Å². The van der Waals surface area contributed by atoms with Crippen molar-refractivity contribution < 1.29 is 0 Å². The van der Waals surface area contributed by atoms with Crippen molar-refractivity contribution >= 4 is 86.7 Å². The van der Waals surface area contributed by atoms with Crippen molar-refractivity contribution in [2.75, 3.05) is 0 Å². The molecule has 0 aliphatic carbocycles. The summed E-state index contributed by atoms with van der Waals surface area (Å²) < 4.78 is 4.61. The zero-order valence-electron chi connectivity index (χ0n) is 31.5. The van der Waals surface area contributed by atoms with Gasteiger partial charge in [0.15, 0.2) is 0 Å². The molecule has 0 spiro atoms. The van der Waals surface area contributed by atoms with Gasteiger partial charge in [-0.2, -0.15) is 0 Å². The second kappa shape index (κ2) is 11.8. The predicted molar refractivity (Wildman–Crippen MR) is 234 cm³/mol. The molecule has 0 fully saturated rings. The average molecular weight is 732 g/mol. The van der Waals surface area contributed by atoms with E-state index < -0.39 is 16.1 Å². The Morgan fingerprint density at radius 3 is 1.52 bits per heavy atom. The number of hydrogen-bond donors (Lipinski definition) is 0. The van der Waals surface area contributed by atoms with Crippen LogP contribution in [0.2, 0.25) is 39.3 Å². The van der Waals surface area contributed by atoms with Gasteiger partial charge in [-0.15, -0.1) is 0 Å². The first-order valence-corrected chi connectivity index (χ1v) is 25.8. The molecule has 6 aromatic carbocycles. The molecule has 0 saturated heterocycles. The normalized spacial score (nSPS) is 12.6. The number of rotatable bonds is 5. The summed E-state index contributed by atoms with van der Waals surface area (Å²) in [4.78, 5) is 15.9. The van der Waals surface area contributed by atoms with Gasteiger partial charge in [0, 0.05) is 32.7 Å². The quantitative estimate of drug-likeness (QED) is 0.131. The summed E-state index contributed by atoms with van der Waals surface area (Å²) in [6, 6.07) is 50.7. The lowest BCUT2D eigenvalue weighted by molar-refractivity contribution is 0.996. The van der Waals surface area contributed by atoms with Crippen LogP contribution < -0.4 is 10.4 Å². The third kappa shape index (κ3) is 5.14. The fraction of sp³-hybridized carbons (Fsp3) is 0.128. The first kappa shape index (κ1) is 32.7. The van der Waals surface area contributed by atoms with Crippen molar-refractivity contribution in [1.29, 1.82) is 0 Å². The second-order valence-electron chi connectivity index (χ2n) is 16.6. The maximum absolute atomic E-state index is 5.40. The van der Waals surface area contributed by atoms with Crippen LogP contribution in [0.15, 0.2) is 140 Å². The smallest absolute Gasteiger partial charge is 0.235 e. The zero-order chi connectivity index (χ0) is 36.9. The lowest BCUT2D eigenvalue weighted by Crippen LogP contribution is -2.37. The van der Waals surface area contributed by atoms with Crippen LogP contribution in [0.3, 0.4) is 0 Å². The van der Waals surface area contributed by atoms with Gasteiger partial charge in [-0.1, -0.05) is 153 Å². The number of aromatic nitrogens is 5. The molecule has 7 heteroatoms. The Bertz CT molecular complexity index is 3030. The highest BCUT2D eigenvalue weighted by molar-refractivity contribution is 6.89. The minimum atomic E-state index is -1.47. The van der Waals surface area contributed by atoms with E-state index in [4.69, 9.17) is 15.0 Å². The van der Waals surface area contributed by atoms with E-state index in [2.05, 4.69) is 188 Å². The van der Waals surface area contributed by atoms with Crippen LogP contribution in [-0.4, -0.2) is 40.1 Å². The van der Waals surface area contributed by atoms with Gasteiger partial charge in [-0.3, -0.25) is 8.97 Å². The molecular formula is C47H41N5Si2. The Morgan fingerprint density at radius 1 is 0.407 bits per heavy atom. The predicted octanol–water partition coefficient (Wildman–Crippen LogP) is 11.1. The van der Waals surface area contributed by atoms with E-state index in [-0.39, 0.29) is 0 Å². The molecule has 4 heterocycles. The highest BCUT2D eigenvalue weighted by atomic mass is 28.3. The van der Waals surface area contributed by atoms with E-state index in [0.29, 0.717) is 5.95 Å². The molecular weight excluding hydrogens is 691 g/mol. The Kier molecular flexibility index (Phi) is 7.15. The molecule has 262 valence electrons. The summed E-state index contributed by atoms with van der Waals surface area (Å²) in [5.41, 5.74) is 10.4. The Labute approximate surface area is 316 Å². The molecule has 0 saturated carbocycles. The van der Waals surface area contributed by atoms with Crippen LogP contribution in [-0.2, 0) is 0 Å². The van der Waals surface area contributed by atoms with Crippen molar-refractivity contribution in [3.63, 3.8) is 0 Å². The Morgan fingerprint density at radius 2 is 0.907 bits per heavy atom. The van der Waals surface area contributed by atoms with Gasteiger partial charge in [0.25, 0.3) is 0 Å². The number of benzene rings is 6. The van der Waals surface area contributed by atoms with Crippen molar-refractivity contribution in [3.05, 3.63) is 140 Å². The lowest BCUT2D eigenvalue weighted by Gasteiger charge is -2.18. The number of nitrogens with zero attached hydrogens (tertiary/aromatic N) is 5. The Balaban J connectivity index is 1.29. The summed E-state index contributed by atoms with van der Waals surface area (Å²) in [7, 11) is -2.93. The Hall–Kier alpha value is -5.90. The summed E-state index contributed by atoms with van der Waals surface area (Å²) in [5.74, 6) is 0.662. The van der Waals surface area contributed by atoms with E-state index in [1.807, 2.05) is 0 Å². The molecule has 0 aliphatic heterocycles. The molecule has 0 N–H and O–H groups in total. The SMILES string of the molecule is C[Si](C)(C)c1ccc(-c2cc(-c3ccc([Si](C)(C)C)cc3)nc(-n3c4ccccc4c4cc5c(cc43)c3ccccc3c3nc4ccccc4n53)n2)cc1. The molecule has 0 aliphatic rings. The monoisotopic (exact) mass is 731 g/mol. The summed E-state index contributed by atoms with van der Waals surface area (Å²) in [6.07, 6.45) is 0. The molecule has 0 atom stereocenters. The number of para-hydroxylation sites is 3. The molecule has 0 radical (unpaired) electrons. The highest BCUT2D eigenvalue weighted by Gasteiger charge is 2.22. The lowest BCUT2D eigenvalue weighted by atomic mass is 10.0. The topological polar surface area (TPSA) is 48.0 Å². The zero-order valence-corrected chi connectivity index (χ0v) is 33.5. The molecule has 0 unspecified atom stereocenters. The van der Waals surface area contributed by atoms with Gasteiger partial charge in [0.2, 0.25) is 5.95 Å². The fourth-order valence-corrected chi connectivity index (χ4v) is 10.4. The third-order valence-electron chi connectivity index (χ3n) is 11.1. The molecule has 54 heavy (non-hydrogen) atoms. The van der Waals surface area contributed by atoms with Crippen LogP contribution >= 0.6 is 0 Å². The summed E-state index contributed by atoms with van der Waals surface area (Å²) in [6.45, 7) is 14.3. The van der Waals surface area contributed by atoms with E-state index in [1.54, 1.807) is 0 Å². The first-order chi connectivity index (χ1) is 26.0. The van der Waals surface area contributed by atoms with E-state index in [9.17, 15) is 0 Å². The minimum absolute atomic E-state index is 0.662. The molecule has 10 aromatic rings. The van der Waals surface area contributed by atoms with Crippen LogP contribution in [0.4, 0.5) is 0 Å². The third-order valence-corrected chi connectivity index (χ3v) is 15.2. The van der Waals surface area contributed by atoms with Crippen LogP contribution in [0.5, 0.6) is 0 Å². The maximum atomic E-state index is 5.40. The van der Waals surface area contributed by atoms with Crippen LogP contribution in [0, 0.1) is 0 Å². The summed E-state index contributed by atoms with van der Waals surface area (Å²) in [5, 5.41) is 8.66. The van der Waals surface area contributed by atoms with Gasteiger partial charge < -0.3 is 0 Å². The van der Waals surface area contributed by atoms with Crippen LogP contribution in [0.25, 0.3) is 88.6 Å². The first-order valence-electron chi connectivity index (χ1n) is 18.8. The molecule has 10 rings (SSSR count). The minimum Gasteiger partial charge on any atom is -0.292 e. The standard InChI is InChI=1S/C47H41N5Si2/c1-53(2,3)32-23-19-30(20-24-32)40-29-41(31-21-25-33(26-22-31)54(4,5)6)50-47(49-40)52-42-17-11-9-14-35(42)38-28-44-37(27-45(38)52)34-13-7-8-15-36(34)46-48-39-16-10-12-18-43(39)51(44)46/h7-29H,1-6H3. The van der Waals surface area contributed by atoms with Crippen molar-refractivity contribution in [1.82, 2.24) is 23.9 Å². The number of hydrogen-bond acceptors (Lipinski definition) is 3.